The number of fused-ring (bicyclic) bond motifs is 1. The lowest BCUT2D eigenvalue weighted by Crippen LogP contribution is -2.53. The summed E-state index contributed by atoms with van der Waals surface area (Å²) in [6.45, 7) is 1.55. The van der Waals surface area contributed by atoms with Gasteiger partial charge in [0.15, 0.2) is 11.5 Å². The summed E-state index contributed by atoms with van der Waals surface area (Å²) in [5, 5.41) is 5.44. The molecule has 3 rings (SSSR count). The van der Waals surface area contributed by atoms with Crippen LogP contribution < -0.4 is 20.1 Å². The Morgan fingerprint density at radius 2 is 1.96 bits per heavy atom. The molecule has 1 atom stereocenters. The maximum Gasteiger partial charge on any atom is 0.315 e. The summed E-state index contributed by atoms with van der Waals surface area (Å²) in [7, 11) is 0. The molecular weight excluding hydrogens is 322 g/mol. The summed E-state index contributed by atoms with van der Waals surface area (Å²) < 4.78 is 11.4. The molecule has 2 heterocycles. The number of nitrogens with zero attached hydrogens (tertiary/aromatic N) is 1. The number of para-hydroxylation sites is 2. The SMILES string of the molecule is C#CCNC(=O)NC1CCN(C(=O)C2COc3ccccc3O2)CC1. The van der Waals surface area contributed by atoms with Crippen LogP contribution >= 0.6 is 0 Å². The second-order valence-corrected chi connectivity index (χ2v) is 5.99. The quantitative estimate of drug-likeness (QED) is 0.794. The van der Waals surface area contributed by atoms with Gasteiger partial charge in [-0.3, -0.25) is 4.79 Å². The van der Waals surface area contributed by atoms with E-state index in [0.29, 0.717) is 37.4 Å². The monoisotopic (exact) mass is 343 g/mol. The number of hydrogen-bond acceptors (Lipinski definition) is 4. The van der Waals surface area contributed by atoms with E-state index in [9.17, 15) is 9.59 Å². The van der Waals surface area contributed by atoms with Crippen molar-refractivity contribution >= 4 is 11.9 Å². The lowest BCUT2D eigenvalue weighted by molar-refractivity contribution is -0.142. The minimum Gasteiger partial charge on any atom is -0.485 e. The Morgan fingerprint density at radius 1 is 1.24 bits per heavy atom. The molecule has 1 saturated heterocycles. The second-order valence-electron chi connectivity index (χ2n) is 5.99. The van der Waals surface area contributed by atoms with Crippen LogP contribution in [0.5, 0.6) is 11.5 Å². The van der Waals surface area contributed by atoms with Crippen LogP contribution in [-0.2, 0) is 4.79 Å². The Balaban J connectivity index is 1.48. The van der Waals surface area contributed by atoms with Gasteiger partial charge in [0.1, 0.15) is 6.61 Å². The van der Waals surface area contributed by atoms with Crippen LogP contribution in [0.3, 0.4) is 0 Å². The van der Waals surface area contributed by atoms with Gasteiger partial charge in [-0.05, 0) is 25.0 Å². The number of terminal acetylenes is 1. The Morgan fingerprint density at radius 3 is 2.68 bits per heavy atom. The third kappa shape index (κ3) is 4.15. The Labute approximate surface area is 146 Å². The fourth-order valence-electron chi connectivity index (χ4n) is 2.96. The first-order valence-electron chi connectivity index (χ1n) is 8.32. The Kier molecular flexibility index (Phi) is 5.29. The predicted octanol–water partition coefficient (Wildman–Crippen LogP) is 0.750. The summed E-state index contributed by atoms with van der Waals surface area (Å²) in [5.74, 6) is 3.52. The topological polar surface area (TPSA) is 79.9 Å². The Hall–Kier alpha value is -2.88. The number of amides is 3. The van der Waals surface area contributed by atoms with Gasteiger partial charge in [-0.1, -0.05) is 18.1 Å². The molecule has 0 aromatic heterocycles. The molecule has 0 spiro atoms. The first kappa shape index (κ1) is 17.0. The molecule has 2 aliphatic heterocycles. The second kappa shape index (κ2) is 7.79. The number of piperidine rings is 1. The van der Waals surface area contributed by atoms with E-state index in [1.165, 1.54) is 0 Å². The maximum atomic E-state index is 12.6. The molecule has 1 fully saturated rings. The third-order valence-electron chi connectivity index (χ3n) is 4.28. The molecule has 0 saturated carbocycles. The van der Waals surface area contributed by atoms with Crippen molar-refractivity contribution in [2.45, 2.75) is 25.0 Å². The van der Waals surface area contributed by atoms with Gasteiger partial charge in [-0.2, -0.15) is 0 Å². The molecule has 1 aromatic carbocycles. The normalized spacial score (nSPS) is 19.6. The number of nitrogens with one attached hydrogen (secondary N) is 2. The smallest absolute Gasteiger partial charge is 0.315 e. The first-order valence-corrected chi connectivity index (χ1v) is 8.32. The number of carbonyl (C=O) groups is 2. The fraction of sp³-hybridized carbons (Fsp3) is 0.444. The molecule has 1 unspecified atom stereocenters. The highest BCUT2D eigenvalue weighted by Gasteiger charge is 2.33. The average Bonchev–Trinajstić information content (AvgIpc) is 2.66. The zero-order chi connectivity index (χ0) is 17.6. The van der Waals surface area contributed by atoms with Crippen LogP contribution in [0, 0.1) is 12.3 Å². The molecule has 3 amide bonds. The van der Waals surface area contributed by atoms with Gasteiger partial charge >= 0.3 is 6.03 Å². The van der Waals surface area contributed by atoms with Crippen molar-refractivity contribution < 1.29 is 19.1 Å². The molecule has 2 aliphatic rings. The van der Waals surface area contributed by atoms with Gasteiger partial charge in [0.2, 0.25) is 6.10 Å². The summed E-state index contributed by atoms with van der Waals surface area (Å²) >= 11 is 0. The number of urea groups is 1. The Bertz CT molecular complexity index is 677. The van der Waals surface area contributed by atoms with E-state index in [2.05, 4.69) is 16.6 Å². The molecule has 7 heteroatoms. The van der Waals surface area contributed by atoms with Crippen LogP contribution in [0.15, 0.2) is 24.3 Å². The van der Waals surface area contributed by atoms with E-state index >= 15 is 0 Å². The van der Waals surface area contributed by atoms with Crippen LogP contribution in [-0.4, -0.2) is 55.2 Å². The highest BCUT2D eigenvalue weighted by atomic mass is 16.6. The molecular formula is C18H21N3O4. The summed E-state index contributed by atoms with van der Waals surface area (Å²) in [6.07, 6.45) is 5.86. The van der Waals surface area contributed by atoms with Gasteiger partial charge < -0.3 is 25.0 Å². The number of likely N-dealkylation sites (tertiary alicyclic amines) is 1. The van der Waals surface area contributed by atoms with E-state index in [1.54, 1.807) is 11.0 Å². The maximum absolute atomic E-state index is 12.6. The van der Waals surface area contributed by atoms with Gasteiger partial charge in [-0.15, -0.1) is 6.42 Å². The van der Waals surface area contributed by atoms with Crippen molar-refractivity contribution in [3.8, 4) is 23.8 Å². The number of benzene rings is 1. The lowest BCUT2D eigenvalue weighted by Gasteiger charge is -2.35. The average molecular weight is 343 g/mol. The standard InChI is InChI=1S/C18H21N3O4/c1-2-9-19-18(23)20-13-7-10-21(11-8-13)17(22)16-12-24-14-5-3-4-6-15(14)25-16/h1,3-6,13,16H,7-12H2,(H2,19,20,23). The minimum atomic E-state index is -0.627. The van der Waals surface area contributed by atoms with Crippen molar-refractivity contribution in [1.29, 1.82) is 0 Å². The zero-order valence-corrected chi connectivity index (χ0v) is 13.9. The van der Waals surface area contributed by atoms with Crippen LogP contribution in [0.2, 0.25) is 0 Å². The lowest BCUT2D eigenvalue weighted by atomic mass is 10.0. The van der Waals surface area contributed by atoms with Crippen molar-refractivity contribution in [2.24, 2.45) is 0 Å². The first-order chi connectivity index (χ1) is 12.2. The van der Waals surface area contributed by atoms with Gasteiger partial charge in [0.25, 0.3) is 5.91 Å². The summed E-state index contributed by atoms with van der Waals surface area (Å²) in [4.78, 5) is 26.0. The van der Waals surface area contributed by atoms with E-state index in [0.717, 1.165) is 0 Å². The van der Waals surface area contributed by atoms with E-state index < -0.39 is 6.10 Å². The number of rotatable bonds is 3. The fourth-order valence-corrected chi connectivity index (χ4v) is 2.96. The van der Waals surface area contributed by atoms with Crippen molar-refractivity contribution in [3.05, 3.63) is 24.3 Å². The summed E-state index contributed by atoms with van der Waals surface area (Å²) in [6, 6.07) is 7.08. The predicted molar refractivity (Wildman–Crippen MR) is 91.3 cm³/mol. The molecule has 1 aromatic rings. The molecule has 0 bridgehead atoms. The van der Waals surface area contributed by atoms with E-state index in [4.69, 9.17) is 15.9 Å². The molecule has 0 radical (unpaired) electrons. The van der Waals surface area contributed by atoms with E-state index in [-0.39, 0.29) is 31.1 Å². The van der Waals surface area contributed by atoms with Gasteiger partial charge in [-0.25, -0.2) is 4.79 Å². The van der Waals surface area contributed by atoms with Gasteiger partial charge in [0, 0.05) is 19.1 Å². The van der Waals surface area contributed by atoms with Crippen LogP contribution in [0.4, 0.5) is 4.79 Å². The molecule has 0 aliphatic carbocycles. The minimum absolute atomic E-state index is 0.0334. The van der Waals surface area contributed by atoms with Crippen molar-refractivity contribution in [1.82, 2.24) is 15.5 Å². The molecule has 132 valence electrons. The van der Waals surface area contributed by atoms with Crippen molar-refractivity contribution in [3.63, 3.8) is 0 Å². The molecule has 7 nitrogen and oxygen atoms in total. The van der Waals surface area contributed by atoms with E-state index in [1.807, 2.05) is 18.2 Å². The number of hydrogen-bond donors (Lipinski definition) is 2. The summed E-state index contributed by atoms with van der Waals surface area (Å²) in [5.41, 5.74) is 0. The number of ether oxygens (including phenoxy) is 2. The van der Waals surface area contributed by atoms with Crippen molar-refractivity contribution in [2.75, 3.05) is 26.2 Å². The molecule has 2 N–H and O–H groups in total. The van der Waals surface area contributed by atoms with Crippen LogP contribution in [0.25, 0.3) is 0 Å². The largest absolute Gasteiger partial charge is 0.485 e. The molecule has 25 heavy (non-hydrogen) atoms. The number of carbonyl (C=O) groups excluding carboxylic acids is 2. The van der Waals surface area contributed by atoms with Gasteiger partial charge in [0.05, 0.1) is 6.54 Å². The zero-order valence-electron chi connectivity index (χ0n) is 13.9. The third-order valence-corrected chi connectivity index (χ3v) is 4.28. The highest BCUT2D eigenvalue weighted by molar-refractivity contribution is 5.82. The van der Waals surface area contributed by atoms with Crippen LogP contribution in [0.1, 0.15) is 12.8 Å². The highest BCUT2D eigenvalue weighted by Crippen LogP contribution is 2.31.